The highest BCUT2D eigenvalue weighted by molar-refractivity contribution is 5.71. The molecule has 0 aromatic rings. The van der Waals surface area contributed by atoms with Crippen LogP contribution in [0.1, 0.15) is 20.3 Å². The molecular formula is C9H14O2. The van der Waals surface area contributed by atoms with Crippen LogP contribution in [-0.4, -0.2) is 13.1 Å². The van der Waals surface area contributed by atoms with Gasteiger partial charge in [-0.1, -0.05) is 23.8 Å². The first-order valence-electron chi connectivity index (χ1n) is 3.57. The van der Waals surface area contributed by atoms with E-state index in [2.05, 4.69) is 4.74 Å². The van der Waals surface area contributed by atoms with E-state index < -0.39 is 0 Å². The Kier molecular flexibility index (Phi) is 5.17. The molecule has 0 heterocycles. The summed E-state index contributed by atoms with van der Waals surface area (Å²) in [6, 6.07) is 0. The molecule has 0 bridgehead atoms. The molecule has 0 radical (unpaired) electrons. The molecule has 0 aromatic heterocycles. The van der Waals surface area contributed by atoms with Gasteiger partial charge in [0.2, 0.25) is 0 Å². The van der Waals surface area contributed by atoms with E-state index in [1.165, 1.54) is 7.11 Å². The third kappa shape index (κ3) is 5.40. The molecular weight excluding hydrogens is 140 g/mol. The van der Waals surface area contributed by atoms with Crippen LogP contribution < -0.4 is 0 Å². The van der Waals surface area contributed by atoms with Crippen LogP contribution in [-0.2, 0) is 9.53 Å². The van der Waals surface area contributed by atoms with E-state index in [0.29, 0.717) is 6.42 Å². The zero-order valence-corrected chi connectivity index (χ0v) is 7.26. The minimum Gasteiger partial charge on any atom is -0.469 e. The van der Waals surface area contributed by atoms with Gasteiger partial charge in [-0.2, -0.15) is 0 Å². The van der Waals surface area contributed by atoms with Crippen molar-refractivity contribution in [1.82, 2.24) is 0 Å². The van der Waals surface area contributed by atoms with Crippen LogP contribution in [0.2, 0.25) is 0 Å². The van der Waals surface area contributed by atoms with Crippen LogP contribution in [0.25, 0.3) is 0 Å². The number of ether oxygens (including phenoxy) is 1. The van der Waals surface area contributed by atoms with E-state index >= 15 is 0 Å². The second-order valence-corrected chi connectivity index (χ2v) is 2.23. The summed E-state index contributed by atoms with van der Waals surface area (Å²) in [7, 11) is 1.39. The number of hydrogen-bond donors (Lipinski definition) is 0. The summed E-state index contributed by atoms with van der Waals surface area (Å²) in [5, 5.41) is 0. The van der Waals surface area contributed by atoms with E-state index in [0.717, 1.165) is 5.57 Å². The third-order valence-corrected chi connectivity index (χ3v) is 1.25. The quantitative estimate of drug-likeness (QED) is 0.459. The molecule has 0 fully saturated rings. The second kappa shape index (κ2) is 5.71. The summed E-state index contributed by atoms with van der Waals surface area (Å²) in [5.74, 6) is -0.200. The molecule has 0 spiro atoms. The summed E-state index contributed by atoms with van der Waals surface area (Å²) in [5.41, 5.74) is 1.08. The lowest BCUT2D eigenvalue weighted by Crippen LogP contribution is -1.97. The molecule has 0 amide bonds. The average Bonchev–Trinajstić information content (AvgIpc) is 2.01. The maximum absolute atomic E-state index is 10.6. The Morgan fingerprint density at radius 2 is 2.18 bits per heavy atom. The van der Waals surface area contributed by atoms with E-state index in [1.54, 1.807) is 0 Å². The summed E-state index contributed by atoms with van der Waals surface area (Å²) < 4.78 is 4.47. The molecule has 0 unspecified atom stereocenters. The number of rotatable bonds is 3. The molecule has 0 aliphatic carbocycles. The zero-order valence-electron chi connectivity index (χ0n) is 7.26. The Morgan fingerprint density at radius 3 is 2.64 bits per heavy atom. The molecule has 0 aliphatic rings. The Hall–Kier alpha value is -1.05. The minimum atomic E-state index is -0.200. The molecule has 0 N–H and O–H groups in total. The van der Waals surface area contributed by atoms with Gasteiger partial charge < -0.3 is 4.74 Å². The zero-order chi connectivity index (χ0) is 8.69. The first-order valence-corrected chi connectivity index (χ1v) is 3.57. The molecule has 0 atom stereocenters. The van der Waals surface area contributed by atoms with Gasteiger partial charge in [0.1, 0.15) is 0 Å². The second-order valence-electron chi connectivity index (χ2n) is 2.23. The van der Waals surface area contributed by atoms with E-state index in [9.17, 15) is 4.79 Å². The summed E-state index contributed by atoms with van der Waals surface area (Å²) in [6.07, 6.45) is 6.07. The first kappa shape index (κ1) is 9.95. The highest BCUT2D eigenvalue weighted by atomic mass is 16.5. The van der Waals surface area contributed by atoms with Crippen LogP contribution in [0.5, 0.6) is 0 Å². The van der Waals surface area contributed by atoms with Gasteiger partial charge in [0.05, 0.1) is 13.5 Å². The van der Waals surface area contributed by atoms with Crippen molar-refractivity contribution in [3.05, 3.63) is 23.8 Å². The number of allylic oxidation sites excluding steroid dienone is 3. The number of carbonyl (C=O) groups is 1. The van der Waals surface area contributed by atoms with Gasteiger partial charge >= 0.3 is 5.97 Å². The number of esters is 1. The number of hydrogen-bond acceptors (Lipinski definition) is 2. The Morgan fingerprint density at radius 1 is 1.55 bits per heavy atom. The van der Waals surface area contributed by atoms with Crippen LogP contribution in [0.4, 0.5) is 0 Å². The maximum atomic E-state index is 10.6. The van der Waals surface area contributed by atoms with Crippen molar-refractivity contribution in [3.8, 4) is 0 Å². The van der Waals surface area contributed by atoms with Crippen molar-refractivity contribution in [2.24, 2.45) is 0 Å². The van der Waals surface area contributed by atoms with Crippen LogP contribution in [0.15, 0.2) is 23.8 Å². The lowest BCUT2D eigenvalue weighted by Gasteiger charge is -1.93. The first-order chi connectivity index (χ1) is 5.20. The van der Waals surface area contributed by atoms with Crippen molar-refractivity contribution in [1.29, 1.82) is 0 Å². The molecule has 0 aliphatic heterocycles. The maximum Gasteiger partial charge on any atom is 0.309 e. The van der Waals surface area contributed by atoms with Gasteiger partial charge in [-0.25, -0.2) is 0 Å². The van der Waals surface area contributed by atoms with Gasteiger partial charge in [0.15, 0.2) is 0 Å². The lowest BCUT2D eigenvalue weighted by molar-refractivity contribution is -0.139. The number of methoxy groups -OCH3 is 1. The molecule has 2 heteroatoms. The van der Waals surface area contributed by atoms with Gasteiger partial charge in [0, 0.05) is 0 Å². The molecule has 0 aromatic carbocycles. The topological polar surface area (TPSA) is 26.3 Å². The van der Waals surface area contributed by atoms with E-state index in [4.69, 9.17) is 0 Å². The van der Waals surface area contributed by atoms with Gasteiger partial charge in [0.25, 0.3) is 0 Å². The van der Waals surface area contributed by atoms with Crippen molar-refractivity contribution in [2.45, 2.75) is 20.3 Å². The summed E-state index contributed by atoms with van der Waals surface area (Å²) >= 11 is 0. The largest absolute Gasteiger partial charge is 0.469 e. The predicted octanol–water partition coefficient (Wildman–Crippen LogP) is 2.07. The highest BCUT2D eigenvalue weighted by Gasteiger charge is 1.94. The fraction of sp³-hybridized carbons (Fsp3) is 0.444. The lowest BCUT2D eigenvalue weighted by atomic mass is 10.2. The smallest absolute Gasteiger partial charge is 0.309 e. The van der Waals surface area contributed by atoms with Crippen LogP contribution in [0.3, 0.4) is 0 Å². The van der Waals surface area contributed by atoms with Gasteiger partial charge in [-0.3, -0.25) is 4.79 Å². The van der Waals surface area contributed by atoms with E-state index in [1.807, 2.05) is 32.1 Å². The van der Waals surface area contributed by atoms with Crippen LogP contribution >= 0.6 is 0 Å². The van der Waals surface area contributed by atoms with Crippen LogP contribution in [0, 0.1) is 0 Å². The van der Waals surface area contributed by atoms with Crippen molar-refractivity contribution in [3.63, 3.8) is 0 Å². The predicted molar refractivity (Wildman–Crippen MR) is 45.2 cm³/mol. The third-order valence-electron chi connectivity index (χ3n) is 1.25. The molecule has 0 rings (SSSR count). The molecule has 0 saturated carbocycles. The van der Waals surface area contributed by atoms with E-state index in [-0.39, 0.29) is 5.97 Å². The molecule has 0 saturated heterocycles. The number of carbonyl (C=O) groups excluding carboxylic acids is 1. The standard InChI is InChI=1S/C9H14O2/c1-4-5-8(2)6-7-9(10)11-3/h4-6H,7H2,1-3H3/b5-4-,8-6+. The Labute approximate surface area is 67.6 Å². The SMILES string of the molecule is C/C=C\C(C)=C\CC(=O)OC. The Balaban J connectivity index is 3.82. The summed E-state index contributed by atoms with van der Waals surface area (Å²) in [4.78, 5) is 10.6. The normalized spacial score (nSPS) is 12.1. The van der Waals surface area contributed by atoms with Crippen molar-refractivity contribution < 1.29 is 9.53 Å². The highest BCUT2D eigenvalue weighted by Crippen LogP contribution is 1.97. The summed E-state index contributed by atoms with van der Waals surface area (Å²) in [6.45, 7) is 3.89. The van der Waals surface area contributed by atoms with Gasteiger partial charge in [-0.15, -0.1) is 0 Å². The van der Waals surface area contributed by atoms with Gasteiger partial charge in [-0.05, 0) is 13.8 Å². The molecule has 11 heavy (non-hydrogen) atoms. The van der Waals surface area contributed by atoms with Crippen molar-refractivity contribution >= 4 is 5.97 Å². The monoisotopic (exact) mass is 154 g/mol. The fourth-order valence-electron chi connectivity index (χ4n) is 0.659. The Bertz CT molecular complexity index is 178. The van der Waals surface area contributed by atoms with Crippen molar-refractivity contribution in [2.75, 3.05) is 7.11 Å². The average molecular weight is 154 g/mol. The fourth-order valence-corrected chi connectivity index (χ4v) is 0.659. The minimum absolute atomic E-state index is 0.200. The molecule has 62 valence electrons. The molecule has 2 nitrogen and oxygen atoms in total.